The Morgan fingerprint density at radius 3 is 1.65 bits per heavy atom. The smallest absolute Gasteiger partial charge is 0.478 e. The van der Waals surface area contributed by atoms with Gasteiger partial charge in [0.15, 0.2) is 0 Å². The van der Waals surface area contributed by atoms with E-state index in [1.807, 2.05) is 36.4 Å². The summed E-state index contributed by atoms with van der Waals surface area (Å²) in [6.07, 6.45) is -2.79. The largest absolute Gasteiger partial charge is 0.490 e. The van der Waals surface area contributed by atoms with E-state index in [2.05, 4.69) is 42.2 Å². The zero-order valence-electron chi connectivity index (χ0n) is 20.2. The van der Waals surface area contributed by atoms with E-state index in [0.29, 0.717) is 11.1 Å². The summed E-state index contributed by atoms with van der Waals surface area (Å²) in [5, 5.41) is 25.1. The monoisotopic (exact) mass is 512 g/mol. The molecule has 3 aromatic carbocycles. The van der Waals surface area contributed by atoms with Crippen LogP contribution in [0.25, 0.3) is 11.1 Å². The lowest BCUT2D eigenvalue weighted by Crippen LogP contribution is -2.24. The van der Waals surface area contributed by atoms with E-state index in [4.69, 9.17) is 20.3 Å². The Balaban J connectivity index is 0.000000604. The number of benzene rings is 3. The van der Waals surface area contributed by atoms with Gasteiger partial charge in [-0.3, -0.25) is 4.90 Å². The minimum atomic E-state index is -5.08. The van der Waals surface area contributed by atoms with Gasteiger partial charge in [-0.15, -0.1) is 0 Å². The van der Waals surface area contributed by atoms with Gasteiger partial charge in [0, 0.05) is 13.1 Å². The van der Waals surface area contributed by atoms with Gasteiger partial charge in [0.25, 0.3) is 0 Å². The molecule has 3 rings (SSSR count). The topological polar surface area (TPSA) is 102 Å². The predicted molar refractivity (Wildman–Crippen MR) is 133 cm³/mol. The number of rotatable bonds is 9. The van der Waals surface area contributed by atoms with Gasteiger partial charge in [0.05, 0.1) is 17.2 Å². The molecule has 0 atom stereocenters. The number of carbonyl (C=O) groups is 2. The number of aromatic carboxylic acids is 1. The Hall–Kier alpha value is -4.16. The lowest BCUT2D eigenvalue weighted by Gasteiger charge is -2.22. The van der Waals surface area contributed by atoms with Crippen LogP contribution in [0.3, 0.4) is 0 Å². The predicted octanol–water partition coefficient (Wildman–Crippen LogP) is 6.36. The van der Waals surface area contributed by atoms with Crippen molar-refractivity contribution in [2.75, 3.05) is 6.54 Å². The van der Waals surface area contributed by atoms with Crippen molar-refractivity contribution in [2.24, 2.45) is 0 Å². The van der Waals surface area contributed by atoms with E-state index in [-0.39, 0.29) is 0 Å². The van der Waals surface area contributed by atoms with Gasteiger partial charge in [0.1, 0.15) is 0 Å². The quantitative estimate of drug-likeness (QED) is 0.346. The van der Waals surface area contributed by atoms with Crippen molar-refractivity contribution < 1.29 is 33.0 Å². The summed E-state index contributed by atoms with van der Waals surface area (Å²) in [7, 11) is 0. The number of nitriles is 1. The Morgan fingerprint density at radius 1 is 0.838 bits per heavy atom. The van der Waals surface area contributed by atoms with Crippen LogP contribution in [-0.4, -0.2) is 39.8 Å². The second-order valence-corrected chi connectivity index (χ2v) is 8.26. The molecule has 0 aliphatic heterocycles. The van der Waals surface area contributed by atoms with Crippen LogP contribution in [0.5, 0.6) is 0 Å². The van der Waals surface area contributed by atoms with Crippen molar-refractivity contribution in [2.45, 2.75) is 39.0 Å². The summed E-state index contributed by atoms with van der Waals surface area (Å²) in [5.74, 6) is -3.67. The molecule has 0 spiro atoms. The first-order valence-electron chi connectivity index (χ1n) is 11.5. The van der Waals surface area contributed by atoms with E-state index >= 15 is 0 Å². The fraction of sp³-hybridized carbons (Fsp3) is 0.250. The third-order valence-electron chi connectivity index (χ3n) is 5.38. The fourth-order valence-electron chi connectivity index (χ4n) is 3.40. The van der Waals surface area contributed by atoms with Crippen LogP contribution in [0, 0.1) is 11.3 Å². The van der Waals surface area contributed by atoms with E-state index in [1.54, 1.807) is 12.1 Å². The number of alkyl halides is 3. The van der Waals surface area contributed by atoms with Gasteiger partial charge in [-0.05, 0) is 59.5 Å². The molecular formula is C28H27F3N2O4. The van der Waals surface area contributed by atoms with Crippen LogP contribution in [-0.2, 0) is 17.9 Å². The molecule has 0 aromatic heterocycles. The fourth-order valence-corrected chi connectivity index (χ4v) is 3.40. The zero-order valence-corrected chi connectivity index (χ0v) is 20.2. The SMILES string of the molecule is CCCCN(Cc1ccc(C#N)cc1)Cc1ccc(-c2ccc(C(=O)O)cc2)cc1.O=C(O)C(F)(F)F. The Kier molecular flexibility index (Phi) is 10.8. The Morgan fingerprint density at radius 2 is 1.27 bits per heavy atom. The number of aliphatic carboxylic acids is 1. The molecule has 0 saturated heterocycles. The molecule has 37 heavy (non-hydrogen) atoms. The maximum Gasteiger partial charge on any atom is 0.490 e. The molecule has 194 valence electrons. The van der Waals surface area contributed by atoms with Gasteiger partial charge in [-0.1, -0.05) is 61.9 Å². The molecule has 0 heterocycles. The summed E-state index contributed by atoms with van der Waals surface area (Å²) in [4.78, 5) is 22.3. The molecular weight excluding hydrogens is 485 g/mol. The van der Waals surface area contributed by atoms with Crippen molar-refractivity contribution in [3.63, 3.8) is 0 Å². The van der Waals surface area contributed by atoms with Gasteiger partial charge in [0.2, 0.25) is 0 Å². The molecule has 3 aromatic rings. The normalized spacial score (nSPS) is 10.8. The first kappa shape index (κ1) is 29.1. The number of carboxylic acid groups (broad SMARTS) is 2. The zero-order chi connectivity index (χ0) is 27.4. The molecule has 0 fully saturated rings. The van der Waals surface area contributed by atoms with Crippen LogP contribution in [0.4, 0.5) is 13.2 Å². The molecule has 0 amide bonds. The first-order chi connectivity index (χ1) is 17.5. The third-order valence-corrected chi connectivity index (χ3v) is 5.38. The van der Waals surface area contributed by atoms with E-state index in [1.165, 1.54) is 11.1 Å². The van der Waals surface area contributed by atoms with Crippen molar-refractivity contribution in [3.05, 3.63) is 95.1 Å². The lowest BCUT2D eigenvalue weighted by molar-refractivity contribution is -0.192. The van der Waals surface area contributed by atoms with E-state index in [9.17, 15) is 18.0 Å². The maximum absolute atomic E-state index is 11.0. The van der Waals surface area contributed by atoms with E-state index < -0.39 is 18.1 Å². The highest BCUT2D eigenvalue weighted by atomic mass is 19.4. The minimum Gasteiger partial charge on any atom is -0.478 e. The Labute approximate surface area is 213 Å². The first-order valence-corrected chi connectivity index (χ1v) is 11.5. The third kappa shape index (κ3) is 9.78. The number of hydrogen-bond acceptors (Lipinski definition) is 4. The number of nitrogens with zero attached hydrogens (tertiary/aromatic N) is 2. The van der Waals surface area contributed by atoms with Gasteiger partial charge in [-0.25, -0.2) is 9.59 Å². The standard InChI is InChI=1S/C26H26N2O2.C2HF3O2/c1-2-3-16-28(18-21-6-4-20(17-27)5-7-21)19-22-8-10-23(11-9-22)24-12-14-25(15-13-24)26(29)30;3-2(4,5)1(6)7/h4-15H,2-3,16,18-19H2,1H3,(H,29,30);(H,6,7). The van der Waals surface area contributed by atoms with Crippen molar-refractivity contribution in [3.8, 4) is 17.2 Å². The highest BCUT2D eigenvalue weighted by Crippen LogP contribution is 2.21. The summed E-state index contributed by atoms with van der Waals surface area (Å²) in [5.41, 5.74) is 5.51. The van der Waals surface area contributed by atoms with Crippen molar-refractivity contribution >= 4 is 11.9 Å². The average molecular weight is 513 g/mol. The van der Waals surface area contributed by atoms with Crippen LogP contribution >= 0.6 is 0 Å². The molecule has 0 aliphatic rings. The summed E-state index contributed by atoms with van der Waals surface area (Å²) in [6, 6.07) is 25.4. The van der Waals surface area contributed by atoms with Gasteiger partial charge < -0.3 is 10.2 Å². The number of halogens is 3. The van der Waals surface area contributed by atoms with Gasteiger partial charge in [-0.2, -0.15) is 18.4 Å². The van der Waals surface area contributed by atoms with Gasteiger partial charge >= 0.3 is 18.1 Å². The molecule has 2 N–H and O–H groups in total. The number of unbranched alkanes of at least 4 members (excludes halogenated alkanes) is 1. The van der Waals surface area contributed by atoms with Crippen molar-refractivity contribution in [1.82, 2.24) is 4.90 Å². The minimum absolute atomic E-state index is 0.296. The van der Waals surface area contributed by atoms with Crippen LogP contribution in [0.2, 0.25) is 0 Å². The average Bonchev–Trinajstić information content (AvgIpc) is 2.88. The summed E-state index contributed by atoms with van der Waals surface area (Å²) in [6.45, 7) is 4.93. The molecule has 0 saturated carbocycles. The molecule has 9 heteroatoms. The molecule has 0 unspecified atom stereocenters. The second-order valence-electron chi connectivity index (χ2n) is 8.26. The maximum atomic E-state index is 11.0. The summed E-state index contributed by atoms with van der Waals surface area (Å²) >= 11 is 0. The second kappa shape index (κ2) is 13.8. The van der Waals surface area contributed by atoms with Crippen LogP contribution < -0.4 is 0 Å². The number of hydrogen-bond donors (Lipinski definition) is 2. The van der Waals surface area contributed by atoms with E-state index in [0.717, 1.165) is 43.6 Å². The highest BCUT2D eigenvalue weighted by Gasteiger charge is 2.38. The molecule has 6 nitrogen and oxygen atoms in total. The Bertz CT molecular complexity index is 1200. The van der Waals surface area contributed by atoms with Crippen LogP contribution in [0.1, 0.15) is 46.8 Å². The highest BCUT2D eigenvalue weighted by molar-refractivity contribution is 5.88. The molecule has 0 bridgehead atoms. The molecule has 0 aliphatic carbocycles. The molecule has 0 radical (unpaired) electrons. The lowest BCUT2D eigenvalue weighted by atomic mass is 10.0. The number of carboxylic acids is 2. The van der Waals surface area contributed by atoms with Crippen molar-refractivity contribution in [1.29, 1.82) is 5.26 Å². The summed E-state index contributed by atoms with van der Waals surface area (Å²) < 4.78 is 31.7. The van der Waals surface area contributed by atoms with Crippen LogP contribution in [0.15, 0.2) is 72.8 Å².